The molecule has 1 fully saturated rings. The van der Waals surface area contributed by atoms with Gasteiger partial charge in [-0.15, -0.1) is 0 Å². The molecule has 2 rings (SSSR count). The van der Waals surface area contributed by atoms with E-state index in [4.69, 9.17) is 5.11 Å². The average molecular weight is 266 g/mol. The standard InChI is InChI=1S/C13H18N2O4/c1-7-10(8(2)14-11(7)13(18)19)12(17)15-5-3-4-9(15)6-16/h9,14,16H,3-6H2,1-2H3,(H,18,19). The van der Waals surface area contributed by atoms with E-state index in [9.17, 15) is 14.7 Å². The zero-order chi connectivity index (χ0) is 14.2. The van der Waals surface area contributed by atoms with Gasteiger partial charge in [-0.05, 0) is 32.3 Å². The molecule has 0 saturated carbocycles. The SMILES string of the molecule is Cc1[nH]c(C(=O)O)c(C)c1C(=O)N1CCCC1CO. The maximum atomic E-state index is 12.5. The number of nitrogens with zero attached hydrogens (tertiary/aromatic N) is 1. The monoisotopic (exact) mass is 266 g/mol. The number of aliphatic hydroxyl groups excluding tert-OH is 1. The van der Waals surface area contributed by atoms with E-state index in [0.717, 1.165) is 12.8 Å². The van der Waals surface area contributed by atoms with Gasteiger partial charge in [-0.2, -0.15) is 0 Å². The fourth-order valence-electron chi connectivity index (χ4n) is 2.72. The second-order valence-corrected chi connectivity index (χ2v) is 4.91. The normalized spacial score (nSPS) is 18.9. The van der Waals surface area contributed by atoms with E-state index in [0.29, 0.717) is 23.4 Å². The summed E-state index contributed by atoms with van der Waals surface area (Å²) in [5.41, 5.74) is 1.49. The minimum Gasteiger partial charge on any atom is -0.477 e. The highest BCUT2D eigenvalue weighted by molar-refractivity contribution is 6.01. The summed E-state index contributed by atoms with van der Waals surface area (Å²) >= 11 is 0. The average Bonchev–Trinajstić information content (AvgIpc) is 2.93. The van der Waals surface area contributed by atoms with Crippen LogP contribution in [0.5, 0.6) is 0 Å². The van der Waals surface area contributed by atoms with E-state index < -0.39 is 5.97 Å². The van der Waals surface area contributed by atoms with E-state index in [2.05, 4.69) is 4.98 Å². The van der Waals surface area contributed by atoms with Gasteiger partial charge in [0.15, 0.2) is 0 Å². The number of aromatic carboxylic acids is 1. The molecule has 0 aromatic carbocycles. The van der Waals surface area contributed by atoms with Crippen molar-refractivity contribution in [1.82, 2.24) is 9.88 Å². The largest absolute Gasteiger partial charge is 0.477 e. The van der Waals surface area contributed by atoms with E-state index in [1.165, 1.54) is 0 Å². The van der Waals surface area contributed by atoms with Crippen LogP contribution < -0.4 is 0 Å². The molecule has 1 aliphatic heterocycles. The van der Waals surface area contributed by atoms with Crippen molar-refractivity contribution in [2.45, 2.75) is 32.7 Å². The molecule has 1 aromatic heterocycles. The van der Waals surface area contributed by atoms with Gasteiger partial charge in [-0.25, -0.2) is 4.79 Å². The van der Waals surface area contributed by atoms with Crippen LogP contribution in [-0.4, -0.2) is 51.2 Å². The van der Waals surface area contributed by atoms with Gasteiger partial charge in [0, 0.05) is 12.2 Å². The van der Waals surface area contributed by atoms with E-state index >= 15 is 0 Å². The van der Waals surface area contributed by atoms with Crippen LogP contribution in [-0.2, 0) is 0 Å². The fourth-order valence-corrected chi connectivity index (χ4v) is 2.72. The third-order valence-electron chi connectivity index (χ3n) is 3.71. The lowest BCUT2D eigenvalue weighted by atomic mass is 10.1. The van der Waals surface area contributed by atoms with Crippen LogP contribution in [0.25, 0.3) is 0 Å². The molecule has 0 aliphatic carbocycles. The number of carbonyl (C=O) groups excluding carboxylic acids is 1. The van der Waals surface area contributed by atoms with Gasteiger partial charge in [-0.3, -0.25) is 4.79 Å². The van der Waals surface area contributed by atoms with Crippen LogP contribution in [0.4, 0.5) is 0 Å². The second-order valence-electron chi connectivity index (χ2n) is 4.91. The lowest BCUT2D eigenvalue weighted by Crippen LogP contribution is -2.38. The van der Waals surface area contributed by atoms with Crippen molar-refractivity contribution in [2.24, 2.45) is 0 Å². The first-order chi connectivity index (χ1) is 8.97. The quantitative estimate of drug-likeness (QED) is 0.758. The Balaban J connectivity index is 2.36. The van der Waals surface area contributed by atoms with Gasteiger partial charge in [0.25, 0.3) is 5.91 Å². The molecular formula is C13H18N2O4. The first-order valence-electron chi connectivity index (χ1n) is 6.31. The maximum absolute atomic E-state index is 12.5. The molecule has 2 heterocycles. The number of aliphatic hydroxyl groups is 1. The first-order valence-corrected chi connectivity index (χ1v) is 6.31. The number of hydrogen-bond donors (Lipinski definition) is 3. The molecule has 6 nitrogen and oxygen atoms in total. The first kappa shape index (κ1) is 13.6. The van der Waals surface area contributed by atoms with Crippen LogP contribution in [0, 0.1) is 13.8 Å². The molecule has 19 heavy (non-hydrogen) atoms. The highest BCUT2D eigenvalue weighted by Crippen LogP contribution is 2.24. The minimum absolute atomic E-state index is 0.0555. The van der Waals surface area contributed by atoms with Crippen molar-refractivity contribution in [3.63, 3.8) is 0 Å². The van der Waals surface area contributed by atoms with Crippen LogP contribution in [0.1, 0.15) is 44.9 Å². The molecule has 6 heteroatoms. The summed E-state index contributed by atoms with van der Waals surface area (Å²) in [5, 5.41) is 18.3. The molecular weight excluding hydrogens is 248 g/mol. The summed E-state index contributed by atoms with van der Waals surface area (Å²) in [6.07, 6.45) is 1.65. The summed E-state index contributed by atoms with van der Waals surface area (Å²) < 4.78 is 0. The van der Waals surface area contributed by atoms with Gasteiger partial charge in [0.05, 0.1) is 18.2 Å². The van der Waals surface area contributed by atoms with Gasteiger partial charge >= 0.3 is 5.97 Å². The number of aromatic nitrogens is 1. The molecule has 1 aliphatic rings. The van der Waals surface area contributed by atoms with E-state index in [1.807, 2.05) is 0 Å². The smallest absolute Gasteiger partial charge is 0.352 e. The zero-order valence-corrected chi connectivity index (χ0v) is 11.1. The Hall–Kier alpha value is -1.82. The van der Waals surface area contributed by atoms with Crippen LogP contribution >= 0.6 is 0 Å². The Morgan fingerprint density at radius 1 is 1.42 bits per heavy atom. The topological polar surface area (TPSA) is 93.6 Å². The van der Waals surface area contributed by atoms with Crippen molar-refractivity contribution in [3.05, 3.63) is 22.5 Å². The number of amides is 1. The number of aryl methyl sites for hydroxylation is 1. The van der Waals surface area contributed by atoms with Gasteiger partial charge < -0.3 is 20.1 Å². The van der Waals surface area contributed by atoms with E-state index in [-0.39, 0.29) is 24.2 Å². The third-order valence-corrected chi connectivity index (χ3v) is 3.71. The van der Waals surface area contributed by atoms with Crippen LogP contribution in [0.3, 0.4) is 0 Å². The van der Waals surface area contributed by atoms with Gasteiger partial charge in [0.2, 0.25) is 0 Å². The highest BCUT2D eigenvalue weighted by atomic mass is 16.4. The minimum atomic E-state index is -1.07. The third kappa shape index (κ3) is 2.23. The summed E-state index contributed by atoms with van der Waals surface area (Å²) in [4.78, 5) is 27.9. The Labute approximate surface area is 111 Å². The van der Waals surface area contributed by atoms with Crippen molar-refractivity contribution in [1.29, 1.82) is 0 Å². The van der Waals surface area contributed by atoms with Crippen LogP contribution in [0.2, 0.25) is 0 Å². The number of carbonyl (C=O) groups is 2. The number of likely N-dealkylation sites (tertiary alicyclic amines) is 1. The lowest BCUT2D eigenvalue weighted by molar-refractivity contribution is 0.0676. The highest BCUT2D eigenvalue weighted by Gasteiger charge is 2.32. The van der Waals surface area contributed by atoms with E-state index in [1.54, 1.807) is 18.7 Å². The Morgan fingerprint density at radius 3 is 2.63 bits per heavy atom. The number of aromatic amines is 1. The molecule has 104 valence electrons. The molecule has 3 N–H and O–H groups in total. The zero-order valence-electron chi connectivity index (χ0n) is 11.1. The summed E-state index contributed by atoms with van der Waals surface area (Å²) in [5.74, 6) is -1.27. The predicted octanol–water partition coefficient (Wildman–Crippen LogP) is 0.927. The van der Waals surface area contributed by atoms with Crippen LogP contribution in [0.15, 0.2) is 0 Å². The Bertz CT molecular complexity index is 521. The summed E-state index contributed by atoms with van der Waals surface area (Å²) in [6, 6.07) is -0.158. The number of carboxylic acid groups (broad SMARTS) is 1. The van der Waals surface area contributed by atoms with Crippen molar-refractivity contribution < 1.29 is 19.8 Å². The number of carboxylic acids is 1. The fraction of sp³-hybridized carbons (Fsp3) is 0.538. The predicted molar refractivity (Wildman–Crippen MR) is 68.4 cm³/mol. The Morgan fingerprint density at radius 2 is 2.11 bits per heavy atom. The molecule has 1 amide bonds. The Kier molecular flexibility index (Phi) is 3.61. The maximum Gasteiger partial charge on any atom is 0.352 e. The number of H-pyrrole nitrogens is 1. The number of hydrogen-bond acceptors (Lipinski definition) is 3. The summed E-state index contributed by atoms with van der Waals surface area (Å²) in [7, 11) is 0. The molecule has 1 aromatic rings. The number of nitrogens with one attached hydrogen (secondary N) is 1. The molecule has 0 radical (unpaired) electrons. The second kappa shape index (κ2) is 5.05. The molecule has 0 bridgehead atoms. The molecule has 0 spiro atoms. The lowest BCUT2D eigenvalue weighted by Gasteiger charge is -2.23. The molecule has 1 atom stereocenters. The van der Waals surface area contributed by atoms with Crippen molar-refractivity contribution in [3.8, 4) is 0 Å². The van der Waals surface area contributed by atoms with Crippen molar-refractivity contribution >= 4 is 11.9 Å². The van der Waals surface area contributed by atoms with Gasteiger partial charge in [0.1, 0.15) is 5.69 Å². The molecule has 1 saturated heterocycles. The molecule has 1 unspecified atom stereocenters. The van der Waals surface area contributed by atoms with Crippen molar-refractivity contribution in [2.75, 3.05) is 13.2 Å². The summed E-state index contributed by atoms with van der Waals surface area (Å²) in [6.45, 7) is 3.87. The van der Waals surface area contributed by atoms with Gasteiger partial charge in [-0.1, -0.05) is 0 Å². The number of rotatable bonds is 3.